The molecule has 0 heterocycles. The quantitative estimate of drug-likeness (QED) is 0.832. The number of benzene rings is 1. The Kier molecular flexibility index (Phi) is 4.07. The molecule has 0 aliphatic heterocycles. The molecule has 0 saturated carbocycles. The lowest BCUT2D eigenvalue weighted by molar-refractivity contribution is 0.280. The van der Waals surface area contributed by atoms with Crippen molar-refractivity contribution in [3.8, 4) is 0 Å². The maximum Gasteiger partial charge on any atom is 0.240 e. The zero-order chi connectivity index (χ0) is 12.3. The fourth-order valence-electron chi connectivity index (χ4n) is 1.60. The van der Waals surface area contributed by atoms with Crippen LogP contribution in [0.1, 0.15) is 23.6 Å². The third-order valence-corrected chi connectivity index (χ3v) is 4.12. The summed E-state index contributed by atoms with van der Waals surface area (Å²) >= 11 is 0. The van der Waals surface area contributed by atoms with Gasteiger partial charge in [0.1, 0.15) is 0 Å². The van der Waals surface area contributed by atoms with Gasteiger partial charge in [0.25, 0.3) is 0 Å². The first-order chi connectivity index (χ1) is 7.42. The van der Waals surface area contributed by atoms with Gasteiger partial charge in [-0.2, -0.15) is 0 Å². The Labute approximate surface area is 96.4 Å². The Hall–Kier alpha value is -0.910. The zero-order valence-electron chi connectivity index (χ0n) is 9.74. The number of hydrogen-bond acceptors (Lipinski definition) is 3. The minimum atomic E-state index is -3.45. The van der Waals surface area contributed by atoms with Crippen molar-refractivity contribution in [2.45, 2.75) is 32.3 Å². The molecule has 1 rings (SSSR count). The minimum Gasteiger partial charge on any atom is -0.392 e. The Morgan fingerprint density at radius 1 is 1.25 bits per heavy atom. The molecule has 0 spiro atoms. The summed E-state index contributed by atoms with van der Waals surface area (Å²) in [5.41, 5.74) is 2.23. The summed E-state index contributed by atoms with van der Waals surface area (Å²) in [6, 6.07) is 3.30. The van der Waals surface area contributed by atoms with Gasteiger partial charge in [0.2, 0.25) is 10.0 Å². The van der Waals surface area contributed by atoms with E-state index in [-0.39, 0.29) is 11.5 Å². The molecule has 0 unspecified atom stereocenters. The summed E-state index contributed by atoms with van der Waals surface area (Å²) in [5, 5.41) is 9.11. The number of hydrogen-bond donors (Lipinski definition) is 2. The highest BCUT2D eigenvalue weighted by Gasteiger charge is 2.17. The van der Waals surface area contributed by atoms with E-state index in [0.717, 1.165) is 5.56 Å². The standard InChI is InChI=1S/C11H17NO3S/c1-4-12-16(14,15)11-6-10(7-13)8(2)5-9(11)3/h5-6,12-13H,4,7H2,1-3H3. The summed E-state index contributed by atoms with van der Waals surface area (Å²) in [6.45, 7) is 5.53. The largest absolute Gasteiger partial charge is 0.392 e. The summed E-state index contributed by atoms with van der Waals surface area (Å²) < 4.78 is 26.1. The second-order valence-electron chi connectivity index (χ2n) is 3.70. The molecule has 0 fully saturated rings. The first-order valence-corrected chi connectivity index (χ1v) is 6.61. The van der Waals surface area contributed by atoms with Gasteiger partial charge in [0.15, 0.2) is 0 Å². The number of sulfonamides is 1. The van der Waals surface area contributed by atoms with Crippen molar-refractivity contribution < 1.29 is 13.5 Å². The van der Waals surface area contributed by atoms with E-state index in [9.17, 15) is 8.42 Å². The molecule has 0 radical (unpaired) electrons. The van der Waals surface area contributed by atoms with E-state index in [1.165, 1.54) is 6.07 Å². The molecule has 4 nitrogen and oxygen atoms in total. The van der Waals surface area contributed by atoms with E-state index in [2.05, 4.69) is 4.72 Å². The lowest BCUT2D eigenvalue weighted by Gasteiger charge is -2.11. The van der Waals surface area contributed by atoms with E-state index in [4.69, 9.17) is 5.11 Å². The number of aliphatic hydroxyl groups is 1. The minimum absolute atomic E-state index is 0.152. The molecule has 0 bridgehead atoms. The van der Waals surface area contributed by atoms with Crippen LogP contribution in [0.25, 0.3) is 0 Å². The smallest absolute Gasteiger partial charge is 0.240 e. The summed E-state index contributed by atoms with van der Waals surface area (Å²) in [7, 11) is -3.45. The van der Waals surface area contributed by atoms with Gasteiger partial charge >= 0.3 is 0 Å². The van der Waals surface area contributed by atoms with Gasteiger partial charge in [-0.3, -0.25) is 0 Å². The molecule has 0 aliphatic carbocycles. The van der Waals surface area contributed by atoms with E-state index in [1.54, 1.807) is 19.9 Å². The summed E-state index contributed by atoms with van der Waals surface area (Å²) in [6.07, 6.45) is 0. The Bertz CT molecular complexity index is 480. The topological polar surface area (TPSA) is 66.4 Å². The van der Waals surface area contributed by atoms with Crippen molar-refractivity contribution in [2.24, 2.45) is 0 Å². The van der Waals surface area contributed by atoms with Crippen LogP contribution in [-0.2, 0) is 16.6 Å². The van der Waals surface area contributed by atoms with Crippen molar-refractivity contribution >= 4 is 10.0 Å². The number of nitrogens with one attached hydrogen (secondary N) is 1. The molecule has 0 aromatic heterocycles. The third kappa shape index (κ3) is 2.61. The lowest BCUT2D eigenvalue weighted by Crippen LogP contribution is -2.24. The molecule has 0 atom stereocenters. The highest BCUT2D eigenvalue weighted by Crippen LogP contribution is 2.20. The van der Waals surface area contributed by atoms with Gasteiger partial charge in [0.05, 0.1) is 11.5 Å². The van der Waals surface area contributed by atoms with Crippen LogP contribution in [0.15, 0.2) is 17.0 Å². The van der Waals surface area contributed by atoms with Crippen LogP contribution in [0.2, 0.25) is 0 Å². The van der Waals surface area contributed by atoms with E-state index in [0.29, 0.717) is 17.7 Å². The highest BCUT2D eigenvalue weighted by atomic mass is 32.2. The molecular weight excluding hydrogens is 226 g/mol. The second kappa shape index (κ2) is 4.95. The maximum atomic E-state index is 11.8. The average molecular weight is 243 g/mol. The van der Waals surface area contributed by atoms with Gasteiger partial charge in [-0.05, 0) is 36.6 Å². The first-order valence-electron chi connectivity index (χ1n) is 5.13. The fourth-order valence-corrected chi connectivity index (χ4v) is 2.92. The Morgan fingerprint density at radius 3 is 2.38 bits per heavy atom. The van der Waals surface area contributed by atoms with Gasteiger partial charge in [-0.15, -0.1) is 0 Å². The van der Waals surface area contributed by atoms with Crippen LogP contribution >= 0.6 is 0 Å². The molecule has 1 aromatic carbocycles. The average Bonchev–Trinajstić information content (AvgIpc) is 2.17. The molecule has 0 aliphatic rings. The molecule has 16 heavy (non-hydrogen) atoms. The number of rotatable bonds is 4. The molecule has 0 saturated heterocycles. The lowest BCUT2D eigenvalue weighted by atomic mass is 10.1. The maximum absolute atomic E-state index is 11.8. The van der Waals surface area contributed by atoms with Crippen molar-refractivity contribution in [3.05, 3.63) is 28.8 Å². The predicted molar refractivity (Wildman–Crippen MR) is 62.7 cm³/mol. The van der Waals surface area contributed by atoms with Crippen LogP contribution in [0.5, 0.6) is 0 Å². The third-order valence-electron chi connectivity index (χ3n) is 2.43. The number of aryl methyl sites for hydroxylation is 2. The normalized spacial score (nSPS) is 11.8. The number of aliphatic hydroxyl groups excluding tert-OH is 1. The van der Waals surface area contributed by atoms with Crippen LogP contribution < -0.4 is 4.72 Å². The van der Waals surface area contributed by atoms with Gasteiger partial charge < -0.3 is 5.11 Å². The molecule has 2 N–H and O–H groups in total. The SMILES string of the molecule is CCNS(=O)(=O)c1cc(CO)c(C)cc1C. The van der Waals surface area contributed by atoms with Crippen LogP contribution in [-0.4, -0.2) is 20.1 Å². The van der Waals surface area contributed by atoms with Crippen molar-refractivity contribution in [2.75, 3.05) is 6.54 Å². The summed E-state index contributed by atoms with van der Waals surface area (Å²) in [4.78, 5) is 0.240. The molecule has 0 amide bonds. The second-order valence-corrected chi connectivity index (χ2v) is 5.44. The van der Waals surface area contributed by atoms with E-state index < -0.39 is 10.0 Å². The summed E-state index contributed by atoms with van der Waals surface area (Å²) in [5.74, 6) is 0. The monoisotopic (exact) mass is 243 g/mol. The molecule has 90 valence electrons. The first kappa shape index (κ1) is 13.2. The van der Waals surface area contributed by atoms with Crippen LogP contribution in [0.3, 0.4) is 0 Å². The zero-order valence-corrected chi connectivity index (χ0v) is 10.6. The predicted octanol–water partition coefficient (Wildman–Crippen LogP) is 1.09. The van der Waals surface area contributed by atoms with Gasteiger partial charge in [-0.25, -0.2) is 13.1 Å². The highest BCUT2D eigenvalue weighted by molar-refractivity contribution is 7.89. The van der Waals surface area contributed by atoms with E-state index >= 15 is 0 Å². The fraction of sp³-hybridized carbons (Fsp3) is 0.455. The Morgan fingerprint density at radius 2 is 1.88 bits per heavy atom. The van der Waals surface area contributed by atoms with Crippen LogP contribution in [0, 0.1) is 13.8 Å². The van der Waals surface area contributed by atoms with Crippen molar-refractivity contribution in [1.82, 2.24) is 4.72 Å². The van der Waals surface area contributed by atoms with Gasteiger partial charge in [-0.1, -0.05) is 13.0 Å². The van der Waals surface area contributed by atoms with Crippen LogP contribution in [0.4, 0.5) is 0 Å². The molecular formula is C11H17NO3S. The molecule has 5 heteroatoms. The molecule has 1 aromatic rings. The van der Waals surface area contributed by atoms with E-state index in [1.807, 2.05) is 6.92 Å². The van der Waals surface area contributed by atoms with Crippen molar-refractivity contribution in [3.63, 3.8) is 0 Å². The van der Waals surface area contributed by atoms with Crippen molar-refractivity contribution in [1.29, 1.82) is 0 Å². The Balaban J connectivity index is 3.34. The van der Waals surface area contributed by atoms with Gasteiger partial charge in [0, 0.05) is 6.54 Å².